The number of hydrogen-bond donors (Lipinski definition) is 1. The first-order valence-corrected chi connectivity index (χ1v) is 12.2. The van der Waals surface area contributed by atoms with Gasteiger partial charge in [-0.25, -0.2) is 4.79 Å². The van der Waals surface area contributed by atoms with E-state index in [4.69, 9.17) is 9.47 Å². The maximum Gasteiger partial charge on any atom is 0.329 e. The van der Waals surface area contributed by atoms with Crippen molar-refractivity contribution in [1.82, 2.24) is 10.2 Å². The lowest BCUT2D eigenvalue weighted by atomic mass is 10.1. The summed E-state index contributed by atoms with van der Waals surface area (Å²) in [6, 6.07) is 19.1. The monoisotopic (exact) mass is 534 g/mol. The third-order valence-electron chi connectivity index (χ3n) is 5.49. The van der Waals surface area contributed by atoms with Crippen molar-refractivity contribution >= 4 is 33.9 Å². The van der Waals surface area contributed by atoms with Crippen LogP contribution < -0.4 is 14.8 Å². The molecule has 0 atom stereocenters. The Kier molecular flexibility index (Phi) is 7.56. The van der Waals surface area contributed by atoms with Crippen LogP contribution in [-0.2, 0) is 17.9 Å². The predicted octanol–water partition coefficient (Wildman–Crippen LogP) is 6.14. The molecular formula is C28H27BrN2O4. The molecule has 3 aromatic rings. The Morgan fingerprint density at radius 1 is 0.943 bits per heavy atom. The number of rotatable bonds is 8. The minimum atomic E-state index is -0.440. The molecule has 3 aromatic carbocycles. The Balaban J connectivity index is 1.55. The standard InChI is InChI=1S/C28H27BrN2O4/c1-4-34-25-15-22(13-23(29)26(25)35-17-21-10-6-8-19(3)12-21)14-24-27(32)31(28(33)30-24)16-20-9-5-7-18(2)11-20/h5-15H,4,16-17H2,1-3H3,(H,30,33)/b24-14+. The van der Waals surface area contributed by atoms with E-state index in [2.05, 4.69) is 27.3 Å². The molecule has 1 fully saturated rings. The van der Waals surface area contributed by atoms with Crippen LogP contribution in [0.15, 0.2) is 70.8 Å². The van der Waals surface area contributed by atoms with E-state index in [1.54, 1.807) is 12.1 Å². The van der Waals surface area contributed by atoms with Crippen molar-refractivity contribution in [2.45, 2.75) is 33.9 Å². The summed E-state index contributed by atoms with van der Waals surface area (Å²) >= 11 is 3.58. The van der Waals surface area contributed by atoms with Gasteiger partial charge in [0.2, 0.25) is 0 Å². The molecule has 35 heavy (non-hydrogen) atoms. The molecule has 0 unspecified atom stereocenters. The van der Waals surface area contributed by atoms with Gasteiger partial charge in [-0.3, -0.25) is 9.69 Å². The molecule has 1 aliphatic rings. The lowest BCUT2D eigenvalue weighted by molar-refractivity contribution is -0.123. The molecule has 1 N–H and O–H groups in total. The second-order valence-electron chi connectivity index (χ2n) is 8.41. The normalized spacial score (nSPS) is 14.4. The van der Waals surface area contributed by atoms with E-state index in [0.29, 0.717) is 34.7 Å². The topological polar surface area (TPSA) is 67.9 Å². The van der Waals surface area contributed by atoms with E-state index in [-0.39, 0.29) is 18.1 Å². The van der Waals surface area contributed by atoms with Gasteiger partial charge in [0.1, 0.15) is 12.3 Å². The molecular weight excluding hydrogens is 508 g/mol. The molecule has 0 aromatic heterocycles. The van der Waals surface area contributed by atoms with Gasteiger partial charge in [-0.2, -0.15) is 0 Å². The number of carbonyl (C=O) groups excluding carboxylic acids is 2. The number of benzene rings is 3. The van der Waals surface area contributed by atoms with Crippen LogP contribution in [0.2, 0.25) is 0 Å². The summed E-state index contributed by atoms with van der Waals surface area (Å²) in [5, 5.41) is 2.69. The first-order valence-electron chi connectivity index (χ1n) is 11.4. The van der Waals surface area contributed by atoms with Gasteiger partial charge in [0.15, 0.2) is 11.5 Å². The fourth-order valence-electron chi connectivity index (χ4n) is 3.91. The number of halogens is 1. The summed E-state index contributed by atoms with van der Waals surface area (Å²) in [4.78, 5) is 26.7. The second kappa shape index (κ2) is 10.8. The largest absolute Gasteiger partial charge is 0.490 e. The average Bonchev–Trinajstić information content (AvgIpc) is 3.06. The van der Waals surface area contributed by atoms with Crippen LogP contribution in [-0.4, -0.2) is 23.4 Å². The maximum absolute atomic E-state index is 13.0. The minimum absolute atomic E-state index is 0.212. The first-order chi connectivity index (χ1) is 16.8. The molecule has 0 radical (unpaired) electrons. The summed E-state index contributed by atoms with van der Waals surface area (Å²) < 4.78 is 12.6. The fourth-order valence-corrected chi connectivity index (χ4v) is 4.48. The van der Waals surface area contributed by atoms with Crippen LogP contribution in [0.4, 0.5) is 4.79 Å². The molecule has 180 valence electrons. The van der Waals surface area contributed by atoms with E-state index in [1.165, 1.54) is 4.90 Å². The molecule has 1 heterocycles. The quantitative estimate of drug-likeness (QED) is 0.278. The number of imide groups is 1. The number of aryl methyl sites for hydroxylation is 2. The molecule has 0 bridgehead atoms. The van der Waals surface area contributed by atoms with Crippen molar-refractivity contribution in [3.63, 3.8) is 0 Å². The zero-order chi connectivity index (χ0) is 24.9. The van der Waals surface area contributed by atoms with Gasteiger partial charge in [-0.1, -0.05) is 59.7 Å². The number of urea groups is 1. The molecule has 4 rings (SSSR count). The van der Waals surface area contributed by atoms with Gasteiger partial charge in [-0.15, -0.1) is 0 Å². The molecule has 1 aliphatic heterocycles. The van der Waals surface area contributed by atoms with Crippen molar-refractivity contribution < 1.29 is 19.1 Å². The van der Waals surface area contributed by atoms with E-state index in [1.807, 2.05) is 69.3 Å². The SMILES string of the molecule is CCOc1cc(/C=C2/NC(=O)N(Cc3cccc(C)c3)C2=O)cc(Br)c1OCc1cccc(C)c1. The highest BCUT2D eigenvalue weighted by Gasteiger charge is 2.33. The van der Waals surface area contributed by atoms with E-state index in [0.717, 1.165) is 22.3 Å². The Labute approximate surface area is 213 Å². The van der Waals surface area contributed by atoms with Gasteiger partial charge < -0.3 is 14.8 Å². The number of hydrogen-bond acceptors (Lipinski definition) is 4. The van der Waals surface area contributed by atoms with Crippen molar-refractivity contribution in [2.75, 3.05) is 6.61 Å². The maximum atomic E-state index is 13.0. The van der Waals surface area contributed by atoms with Crippen LogP contribution in [0, 0.1) is 13.8 Å². The van der Waals surface area contributed by atoms with Gasteiger partial charge in [0.25, 0.3) is 5.91 Å². The molecule has 1 saturated heterocycles. The Morgan fingerprint density at radius 2 is 1.63 bits per heavy atom. The van der Waals surface area contributed by atoms with Gasteiger partial charge in [0, 0.05) is 0 Å². The lowest BCUT2D eigenvalue weighted by Crippen LogP contribution is -2.30. The van der Waals surface area contributed by atoms with Crippen molar-refractivity contribution in [1.29, 1.82) is 0 Å². The number of carbonyl (C=O) groups is 2. The Morgan fingerprint density at radius 3 is 2.31 bits per heavy atom. The van der Waals surface area contributed by atoms with Gasteiger partial charge >= 0.3 is 6.03 Å². The lowest BCUT2D eigenvalue weighted by Gasteiger charge is -2.15. The third kappa shape index (κ3) is 5.92. The zero-order valence-electron chi connectivity index (χ0n) is 19.9. The molecule has 3 amide bonds. The van der Waals surface area contributed by atoms with E-state index in [9.17, 15) is 9.59 Å². The van der Waals surface area contributed by atoms with Crippen LogP contribution in [0.1, 0.15) is 34.7 Å². The summed E-state index contributed by atoms with van der Waals surface area (Å²) in [6.07, 6.45) is 1.65. The van der Waals surface area contributed by atoms with Gasteiger partial charge in [0.05, 0.1) is 17.6 Å². The highest BCUT2D eigenvalue weighted by atomic mass is 79.9. The molecule has 6 nitrogen and oxygen atoms in total. The molecule has 0 aliphatic carbocycles. The second-order valence-corrected chi connectivity index (χ2v) is 9.26. The molecule has 0 saturated carbocycles. The predicted molar refractivity (Wildman–Crippen MR) is 139 cm³/mol. The Hall–Kier alpha value is -3.58. The van der Waals surface area contributed by atoms with Crippen LogP contribution in [0.3, 0.4) is 0 Å². The number of amides is 3. The van der Waals surface area contributed by atoms with Crippen molar-refractivity contribution in [3.8, 4) is 11.5 Å². The highest BCUT2D eigenvalue weighted by molar-refractivity contribution is 9.10. The summed E-state index contributed by atoms with van der Waals surface area (Å²) in [5.41, 5.74) is 5.10. The third-order valence-corrected chi connectivity index (χ3v) is 6.08. The summed E-state index contributed by atoms with van der Waals surface area (Å²) in [5.74, 6) is 0.762. The average molecular weight is 535 g/mol. The van der Waals surface area contributed by atoms with Gasteiger partial charge in [-0.05, 0) is 71.6 Å². The van der Waals surface area contributed by atoms with Crippen molar-refractivity contribution in [3.05, 3.63) is 98.7 Å². The fraction of sp³-hybridized carbons (Fsp3) is 0.214. The number of nitrogens with zero attached hydrogens (tertiary/aromatic N) is 1. The van der Waals surface area contributed by atoms with Crippen LogP contribution in [0.5, 0.6) is 11.5 Å². The van der Waals surface area contributed by atoms with E-state index >= 15 is 0 Å². The van der Waals surface area contributed by atoms with Crippen molar-refractivity contribution in [2.24, 2.45) is 0 Å². The number of ether oxygens (including phenoxy) is 2. The summed E-state index contributed by atoms with van der Waals surface area (Å²) in [6.45, 7) is 6.97. The Bertz CT molecular complexity index is 1300. The highest BCUT2D eigenvalue weighted by Crippen LogP contribution is 2.38. The molecule has 7 heteroatoms. The number of nitrogens with one attached hydrogen (secondary N) is 1. The van der Waals surface area contributed by atoms with E-state index < -0.39 is 6.03 Å². The van der Waals surface area contributed by atoms with Crippen LogP contribution >= 0.6 is 15.9 Å². The minimum Gasteiger partial charge on any atom is -0.490 e. The summed E-state index contributed by atoms with van der Waals surface area (Å²) in [7, 11) is 0. The first kappa shape index (κ1) is 24.5. The molecule has 0 spiro atoms. The zero-order valence-corrected chi connectivity index (χ0v) is 21.5. The van der Waals surface area contributed by atoms with Crippen LogP contribution in [0.25, 0.3) is 6.08 Å². The smallest absolute Gasteiger partial charge is 0.329 e.